The summed E-state index contributed by atoms with van der Waals surface area (Å²) in [7, 11) is 0. The number of carboxylic acids is 1. The molecule has 66 valence electrons. The van der Waals surface area contributed by atoms with Crippen LogP contribution < -0.4 is 0 Å². The second-order valence-electron chi connectivity index (χ2n) is 2.61. The SMILES string of the molecule is [C-]#[N+]c1ccc(C(=O)O)c(CC)c1. The molecule has 0 fully saturated rings. The fraction of sp³-hybridized carbons (Fsp3) is 0.200. The number of rotatable bonds is 2. The van der Waals surface area contributed by atoms with Gasteiger partial charge >= 0.3 is 5.97 Å². The highest BCUT2D eigenvalue weighted by Crippen LogP contribution is 2.18. The highest BCUT2D eigenvalue weighted by Gasteiger charge is 2.08. The van der Waals surface area contributed by atoms with Crippen LogP contribution >= 0.6 is 0 Å². The first-order chi connectivity index (χ1) is 6.19. The molecule has 0 amide bonds. The summed E-state index contributed by atoms with van der Waals surface area (Å²) in [4.78, 5) is 13.9. The Morgan fingerprint density at radius 1 is 1.62 bits per heavy atom. The molecule has 0 aliphatic carbocycles. The molecular weight excluding hydrogens is 166 g/mol. The second kappa shape index (κ2) is 3.72. The lowest BCUT2D eigenvalue weighted by atomic mass is 10.0. The van der Waals surface area contributed by atoms with E-state index < -0.39 is 5.97 Å². The molecule has 0 bridgehead atoms. The molecule has 1 rings (SSSR count). The molecule has 1 N–H and O–H groups in total. The summed E-state index contributed by atoms with van der Waals surface area (Å²) in [5.41, 5.74) is 1.48. The number of aryl methyl sites for hydroxylation is 1. The molecule has 0 aromatic heterocycles. The predicted octanol–water partition coefficient (Wildman–Crippen LogP) is 2.50. The van der Waals surface area contributed by atoms with Crippen LogP contribution in [0.15, 0.2) is 18.2 Å². The van der Waals surface area contributed by atoms with E-state index in [1.165, 1.54) is 12.1 Å². The first-order valence-electron chi connectivity index (χ1n) is 3.92. The van der Waals surface area contributed by atoms with Gasteiger partial charge in [0.05, 0.1) is 12.1 Å². The highest BCUT2D eigenvalue weighted by molar-refractivity contribution is 5.90. The lowest BCUT2D eigenvalue weighted by molar-refractivity contribution is 0.0696. The summed E-state index contributed by atoms with van der Waals surface area (Å²) < 4.78 is 0. The van der Waals surface area contributed by atoms with Crippen molar-refractivity contribution in [2.24, 2.45) is 0 Å². The van der Waals surface area contributed by atoms with E-state index in [2.05, 4.69) is 4.85 Å². The van der Waals surface area contributed by atoms with Crippen LogP contribution in [0.4, 0.5) is 5.69 Å². The molecule has 0 aliphatic heterocycles. The molecule has 0 heterocycles. The van der Waals surface area contributed by atoms with Gasteiger partial charge in [-0.15, -0.1) is 0 Å². The van der Waals surface area contributed by atoms with E-state index in [0.717, 1.165) is 0 Å². The minimum Gasteiger partial charge on any atom is -0.478 e. The number of benzene rings is 1. The third-order valence-corrected chi connectivity index (χ3v) is 1.83. The van der Waals surface area contributed by atoms with E-state index in [9.17, 15) is 4.79 Å². The van der Waals surface area contributed by atoms with Crippen LogP contribution in [0.2, 0.25) is 0 Å². The van der Waals surface area contributed by atoms with Crippen molar-refractivity contribution in [2.45, 2.75) is 13.3 Å². The van der Waals surface area contributed by atoms with Gasteiger partial charge in [-0.1, -0.05) is 25.1 Å². The molecule has 3 nitrogen and oxygen atoms in total. The van der Waals surface area contributed by atoms with E-state index in [0.29, 0.717) is 17.7 Å². The number of hydrogen-bond donors (Lipinski definition) is 1. The maximum absolute atomic E-state index is 10.7. The summed E-state index contributed by atoms with van der Waals surface area (Å²) in [5.74, 6) is -0.937. The van der Waals surface area contributed by atoms with Gasteiger partial charge in [-0.25, -0.2) is 9.64 Å². The molecule has 0 saturated carbocycles. The zero-order chi connectivity index (χ0) is 9.84. The van der Waals surface area contributed by atoms with Crippen molar-refractivity contribution in [3.8, 4) is 0 Å². The Bertz CT molecular complexity index is 377. The average Bonchev–Trinajstić information content (AvgIpc) is 2.16. The maximum Gasteiger partial charge on any atom is 0.335 e. The van der Waals surface area contributed by atoms with E-state index >= 15 is 0 Å². The monoisotopic (exact) mass is 175 g/mol. The average molecular weight is 175 g/mol. The third-order valence-electron chi connectivity index (χ3n) is 1.83. The molecule has 13 heavy (non-hydrogen) atoms. The van der Waals surface area contributed by atoms with Gasteiger partial charge in [0.25, 0.3) is 0 Å². The van der Waals surface area contributed by atoms with Gasteiger partial charge in [-0.05, 0) is 12.0 Å². The van der Waals surface area contributed by atoms with Crippen LogP contribution in [0.25, 0.3) is 4.85 Å². The predicted molar refractivity (Wildman–Crippen MR) is 49.0 cm³/mol. The van der Waals surface area contributed by atoms with Crippen LogP contribution in [0.5, 0.6) is 0 Å². The number of nitrogens with zero attached hydrogens (tertiary/aromatic N) is 1. The Morgan fingerprint density at radius 3 is 2.77 bits per heavy atom. The van der Waals surface area contributed by atoms with Crippen molar-refractivity contribution in [3.05, 3.63) is 40.7 Å². The van der Waals surface area contributed by atoms with Crippen molar-refractivity contribution in [1.29, 1.82) is 0 Å². The Hall–Kier alpha value is -1.82. The molecular formula is C10H9NO2. The summed E-state index contributed by atoms with van der Waals surface area (Å²) in [6.45, 7) is 8.64. The number of carboxylic acid groups (broad SMARTS) is 1. The van der Waals surface area contributed by atoms with Gasteiger partial charge in [0, 0.05) is 0 Å². The Kier molecular flexibility index (Phi) is 2.65. The molecule has 0 radical (unpaired) electrons. The van der Waals surface area contributed by atoms with Gasteiger partial charge in [-0.3, -0.25) is 0 Å². The second-order valence-corrected chi connectivity index (χ2v) is 2.61. The number of hydrogen-bond acceptors (Lipinski definition) is 1. The Labute approximate surface area is 76.4 Å². The van der Waals surface area contributed by atoms with Crippen molar-refractivity contribution < 1.29 is 9.90 Å². The van der Waals surface area contributed by atoms with Crippen LogP contribution in [0, 0.1) is 6.57 Å². The molecule has 0 atom stereocenters. The van der Waals surface area contributed by atoms with E-state index in [1.807, 2.05) is 6.92 Å². The van der Waals surface area contributed by atoms with Crippen LogP contribution in [-0.2, 0) is 6.42 Å². The molecule has 0 spiro atoms. The lowest BCUT2D eigenvalue weighted by Gasteiger charge is -2.02. The summed E-state index contributed by atoms with van der Waals surface area (Å²) in [5, 5.41) is 8.78. The first-order valence-corrected chi connectivity index (χ1v) is 3.92. The molecule has 1 aromatic carbocycles. The van der Waals surface area contributed by atoms with Gasteiger partial charge in [-0.2, -0.15) is 0 Å². The third kappa shape index (κ3) is 1.85. The standard InChI is InChI=1S/C10H9NO2/c1-3-7-6-8(11-2)4-5-9(7)10(12)13/h4-6H,3H2,1H3,(H,12,13). The minimum atomic E-state index is -0.937. The Balaban J connectivity index is 3.25. The normalized spacial score (nSPS) is 9.23. The molecule has 0 unspecified atom stereocenters. The Morgan fingerprint density at radius 2 is 2.31 bits per heavy atom. The van der Waals surface area contributed by atoms with Gasteiger partial charge < -0.3 is 5.11 Å². The molecule has 3 heteroatoms. The van der Waals surface area contributed by atoms with Crippen LogP contribution in [-0.4, -0.2) is 11.1 Å². The van der Waals surface area contributed by atoms with E-state index in [4.69, 9.17) is 11.7 Å². The van der Waals surface area contributed by atoms with Crippen molar-refractivity contribution in [2.75, 3.05) is 0 Å². The fourth-order valence-electron chi connectivity index (χ4n) is 1.15. The minimum absolute atomic E-state index is 0.287. The molecule has 1 aromatic rings. The number of carbonyl (C=O) groups is 1. The quantitative estimate of drug-likeness (QED) is 0.701. The summed E-state index contributed by atoms with van der Waals surface area (Å²) in [6, 6.07) is 4.63. The van der Waals surface area contributed by atoms with E-state index in [-0.39, 0.29) is 5.56 Å². The zero-order valence-corrected chi connectivity index (χ0v) is 7.24. The molecule has 0 aliphatic rings. The van der Waals surface area contributed by atoms with Gasteiger partial charge in [0.1, 0.15) is 0 Å². The summed E-state index contributed by atoms with van der Waals surface area (Å²) >= 11 is 0. The largest absolute Gasteiger partial charge is 0.478 e. The van der Waals surface area contributed by atoms with E-state index in [1.54, 1.807) is 6.07 Å². The van der Waals surface area contributed by atoms with Crippen LogP contribution in [0.1, 0.15) is 22.8 Å². The van der Waals surface area contributed by atoms with Crippen molar-refractivity contribution in [1.82, 2.24) is 0 Å². The smallest absolute Gasteiger partial charge is 0.335 e. The zero-order valence-electron chi connectivity index (χ0n) is 7.24. The van der Waals surface area contributed by atoms with Crippen molar-refractivity contribution in [3.63, 3.8) is 0 Å². The maximum atomic E-state index is 10.7. The lowest BCUT2D eigenvalue weighted by Crippen LogP contribution is -2.00. The highest BCUT2D eigenvalue weighted by atomic mass is 16.4. The van der Waals surface area contributed by atoms with Crippen LogP contribution in [0.3, 0.4) is 0 Å². The fourth-order valence-corrected chi connectivity index (χ4v) is 1.15. The van der Waals surface area contributed by atoms with Gasteiger partial charge in [0.2, 0.25) is 0 Å². The topological polar surface area (TPSA) is 41.7 Å². The van der Waals surface area contributed by atoms with Crippen molar-refractivity contribution >= 4 is 11.7 Å². The number of aromatic carboxylic acids is 1. The van der Waals surface area contributed by atoms with Gasteiger partial charge in [0.15, 0.2) is 5.69 Å². The molecule has 0 saturated heterocycles. The summed E-state index contributed by atoms with van der Waals surface area (Å²) in [6.07, 6.45) is 0.630. The first kappa shape index (κ1) is 9.27.